The van der Waals surface area contributed by atoms with Gasteiger partial charge in [-0.3, -0.25) is 37.3 Å². The first kappa shape index (κ1) is 106. The predicted molar refractivity (Wildman–Crippen MR) is 446 cm³/mol. The molecule has 0 aromatic rings. The fourth-order valence-corrected chi connectivity index (χ4v) is 15.5. The highest BCUT2D eigenvalue weighted by Gasteiger charge is 2.31. The van der Waals surface area contributed by atoms with Gasteiger partial charge >= 0.3 is 39.5 Å². The van der Waals surface area contributed by atoms with Gasteiger partial charge < -0.3 is 33.8 Å². The molecular weight excluding hydrogens is 1400 g/mol. The van der Waals surface area contributed by atoms with Gasteiger partial charge in [0.1, 0.15) is 19.3 Å². The zero-order valence-corrected chi connectivity index (χ0v) is 73.1. The average molecular weight is 1580 g/mol. The van der Waals surface area contributed by atoms with Gasteiger partial charge in [-0.15, -0.1) is 0 Å². The van der Waals surface area contributed by atoms with E-state index in [0.717, 1.165) is 108 Å². The lowest BCUT2D eigenvalue weighted by molar-refractivity contribution is -0.161. The van der Waals surface area contributed by atoms with Crippen molar-refractivity contribution in [2.45, 2.75) is 491 Å². The van der Waals surface area contributed by atoms with Crippen molar-refractivity contribution in [3.8, 4) is 0 Å². The molecule has 0 fully saturated rings. The zero-order chi connectivity index (χ0) is 79.3. The fraction of sp³-hybridized carbons (Fsp3) is 0.955. The molecule has 0 aromatic heterocycles. The lowest BCUT2D eigenvalue weighted by atomic mass is 10.0. The van der Waals surface area contributed by atoms with E-state index >= 15 is 0 Å². The van der Waals surface area contributed by atoms with Gasteiger partial charge in [0, 0.05) is 25.7 Å². The van der Waals surface area contributed by atoms with Crippen molar-refractivity contribution >= 4 is 39.5 Å². The third kappa shape index (κ3) is 82.1. The summed E-state index contributed by atoms with van der Waals surface area (Å²) in [4.78, 5) is 73.3. The zero-order valence-electron chi connectivity index (χ0n) is 71.3. The second kappa shape index (κ2) is 78.9. The summed E-state index contributed by atoms with van der Waals surface area (Å²) >= 11 is 0. The van der Waals surface area contributed by atoms with Crippen LogP contribution >= 0.6 is 15.6 Å². The minimum absolute atomic E-state index is 0.107. The number of esters is 4. The summed E-state index contributed by atoms with van der Waals surface area (Å²) in [6, 6.07) is 0. The Kier molecular flexibility index (Phi) is 77.5. The summed E-state index contributed by atoms with van der Waals surface area (Å²) in [6.07, 6.45) is 70.9. The van der Waals surface area contributed by atoms with Gasteiger partial charge in [0.2, 0.25) is 0 Å². The fourth-order valence-electron chi connectivity index (χ4n) is 13.9. The summed E-state index contributed by atoms with van der Waals surface area (Å²) in [7, 11) is -9.93. The molecular formula is C89H174O17P2. The van der Waals surface area contributed by atoms with Gasteiger partial charge in [0.25, 0.3) is 0 Å². The number of phosphoric acid groups is 2. The van der Waals surface area contributed by atoms with Crippen molar-refractivity contribution in [2.24, 2.45) is 17.8 Å². The summed E-state index contributed by atoms with van der Waals surface area (Å²) in [5.41, 5.74) is 0. The van der Waals surface area contributed by atoms with E-state index in [0.29, 0.717) is 25.7 Å². The highest BCUT2D eigenvalue weighted by atomic mass is 31.2. The van der Waals surface area contributed by atoms with Crippen LogP contribution in [-0.2, 0) is 65.4 Å². The molecule has 2 unspecified atom stereocenters. The number of aliphatic hydroxyl groups is 1. The van der Waals surface area contributed by atoms with E-state index in [-0.39, 0.29) is 25.7 Å². The smallest absolute Gasteiger partial charge is 0.462 e. The molecule has 17 nitrogen and oxygen atoms in total. The molecule has 3 N–H and O–H groups in total. The maximum absolute atomic E-state index is 13.2. The van der Waals surface area contributed by atoms with Crippen molar-refractivity contribution in [1.82, 2.24) is 0 Å². The molecule has 0 radical (unpaired) electrons. The van der Waals surface area contributed by atoms with E-state index in [4.69, 9.17) is 37.0 Å². The highest BCUT2D eigenvalue weighted by molar-refractivity contribution is 7.47. The van der Waals surface area contributed by atoms with Crippen LogP contribution in [-0.4, -0.2) is 96.7 Å². The molecule has 0 spiro atoms. The molecule has 108 heavy (non-hydrogen) atoms. The first-order valence-electron chi connectivity index (χ1n) is 45.8. The van der Waals surface area contributed by atoms with Gasteiger partial charge in [-0.2, -0.15) is 0 Å². The number of carbonyl (C=O) groups excluding carboxylic acids is 4. The van der Waals surface area contributed by atoms with Crippen LogP contribution in [0, 0.1) is 17.8 Å². The lowest BCUT2D eigenvalue weighted by Gasteiger charge is -2.21. The molecule has 0 aliphatic carbocycles. The summed E-state index contributed by atoms with van der Waals surface area (Å²) in [5, 5.41) is 10.7. The van der Waals surface area contributed by atoms with E-state index in [1.807, 2.05) is 0 Å². The normalized spacial score (nSPS) is 13.8. The van der Waals surface area contributed by atoms with Gasteiger partial charge in [0.05, 0.1) is 26.4 Å². The van der Waals surface area contributed by atoms with Crippen LogP contribution in [0.25, 0.3) is 0 Å². The largest absolute Gasteiger partial charge is 0.472 e. The average Bonchev–Trinajstić information content (AvgIpc) is 0.901. The van der Waals surface area contributed by atoms with Crippen LogP contribution in [0.15, 0.2) is 0 Å². The highest BCUT2D eigenvalue weighted by Crippen LogP contribution is 2.45. The molecule has 5 atom stereocenters. The summed E-state index contributed by atoms with van der Waals surface area (Å²) in [6.45, 7) is 12.0. The van der Waals surface area contributed by atoms with Crippen LogP contribution in [0.1, 0.15) is 472 Å². The number of ether oxygens (including phenoxy) is 4. The quantitative estimate of drug-likeness (QED) is 0.0222. The molecule has 0 heterocycles. The molecule has 642 valence electrons. The maximum atomic E-state index is 13.2. The number of hydrogen-bond donors (Lipinski definition) is 3. The van der Waals surface area contributed by atoms with Crippen molar-refractivity contribution in [3.05, 3.63) is 0 Å². The van der Waals surface area contributed by atoms with Gasteiger partial charge in [-0.05, 0) is 43.4 Å². The minimum Gasteiger partial charge on any atom is -0.462 e. The Hall–Kier alpha value is -1.94. The SMILES string of the molecule is CCCCCCCCCCCCCCCCCCCCCCCC(=O)O[C@H](COC(=O)CCCCCCCCCCCCCCCCCCC(C)C)COP(=O)(O)OC[C@@H](O)COP(=O)(O)OC[C@@H](COC(=O)CCCCCCCCCCC(C)C)OC(=O)CCCCCCCCCCCCCCCCC(C)C. The van der Waals surface area contributed by atoms with Gasteiger partial charge in [-0.1, -0.05) is 421 Å². The van der Waals surface area contributed by atoms with E-state index in [1.165, 1.54) is 283 Å². The van der Waals surface area contributed by atoms with E-state index in [1.54, 1.807) is 0 Å². The second-order valence-electron chi connectivity index (χ2n) is 33.4. The number of hydrogen-bond acceptors (Lipinski definition) is 15. The molecule has 0 aliphatic rings. The minimum atomic E-state index is -4.97. The van der Waals surface area contributed by atoms with Gasteiger partial charge in [-0.25, -0.2) is 9.13 Å². The third-order valence-corrected chi connectivity index (χ3v) is 22.8. The Labute approximate surface area is 664 Å². The molecule has 0 amide bonds. The van der Waals surface area contributed by atoms with E-state index < -0.39 is 97.5 Å². The third-order valence-electron chi connectivity index (χ3n) is 20.9. The Balaban J connectivity index is 5.24. The predicted octanol–water partition coefficient (Wildman–Crippen LogP) is 27.3. The standard InChI is InChI=1S/C89H174O17P2/c1-8-9-10-11-12-13-14-15-16-17-18-19-20-21-26-32-37-42-51-58-65-72-88(93)105-84(76-99-86(91)70-63-56-49-41-36-31-25-23-22-24-29-34-39-46-53-60-67-80(2)3)78-103-107(95,96)101-74-83(90)75-102-108(97,98)104-79-85(77-100-87(92)71-64-57-50-45-44-48-55-62-69-82(6)7)106-89(94)73-66-59-52-43-38-33-28-27-30-35-40-47-54-61-68-81(4)5/h80-85,90H,8-79H2,1-7H3,(H,95,96)(H,97,98)/t83-,84-,85-/m1/s1. The molecule has 0 aliphatic heterocycles. The first-order chi connectivity index (χ1) is 52.2. The van der Waals surface area contributed by atoms with Crippen LogP contribution in [0.3, 0.4) is 0 Å². The Morgan fingerprint density at radius 2 is 0.426 bits per heavy atom. The van der Waals surface area contributed by atoms with Gasteiger partial charge in [0.15, 0.2) is 12.2 Å². The Bertz CT molecular complexity index is 2080. The summed E-state index contributed by atoms with van der Waals surface area (Å²) < 4.78 is 69.0. The van der Waals surface area contributed by atoms with Crippen molar-refractivity contribution in [1.29, 1.82) is 0 Å². The number of phosphoric ester groups is 2. The van der Waals surface area contributed by atoms with Crippen LogP contribution in [0.4, 0.5) is 0 Å². The Morgan fingerprint density at radius 1 is 0.250 bits per heavy atom. The van der Waals surface area contributed by atoms with Crippen molar-refractivity contribution in [2.75, 3.05) is 39.6 Å². The summed E-state index contributed by atoms with van der Waals surface area (Å²) in [5.74, 6) is 0.232. The first-order valence-corrected chi connectivity index (χ1v) is 48.8. The van der Waals surface area contributed by atoms with Crippen LogP contribution < -0.4 is 0 Å². The molecule has 0 aromatic carbocycles. The Morgan fingerprint density at radius 3 is 0.630 bits per heavy atom. The monoisotopic (exact) mass is 1580 g/mol. The van der Waals surface area contributed by atoms with Crippen LogP contribution in [0.2, 0.25) is 0 Å². The molecule has 0 bridgehead atoms. The number of rotatable bonds is 87. The topological polar surface area (TPSA) is 237 Å². The maximum Gasteiger partial charge on any atom is 0.472 e. The number of carbonyl (C=O) groups is 4. The molecule has 19 heteroatoms. The molecule has 0 saturated heterocycles. The number of aliphatic hydroxyl groups excluding tert-OH is 1. The van der Waals surface area contributed by atoms with E-state index in [9.17, 15) is 43.2 Å². The van der Waals surface area contributed by atoms with Crippen molar-refractivity contribution in [3.63, 3.8) is 0 Å². The second-order valence-corrected chi connectivity index (χ2v) is 36.3. The van der Waals surface area contributed by atoms with E-state index in [2.05, 4.69) is 48.5 Å². The van der Waals surface area contributed by atoms with Crippen LogP contribution in [0.5, 0.6) is 0 Å². The molecule has 0 rings (SSSR count). The van der Waals surface area contributed by atoms with Crippen molar-refractivity contribution < 1.29 is 80.2 Å². The number of unbranched alkanes of at least 4 members (excludes halogenated alkanes) is 55. The molecule has 0 saturated carbocycles. The lowest BCUT2D eigenvalue weighted by Crippen LogP contribution is -2.30.